The number of aromatic nitrogens is 1. The summed E-state index contributed by atoms with van der Waals surface area (Å²) < 4.78 is 0. The van der Waals surface area contributed by atoms with Crippen molar-refractivity contribution in [1.82, 2.24) is 9.88 Å². The average Bonchev–Trinajstić information content (AvgIpc) is 2.89. The third-order valence-electron chi connectivity index (χ3n) is 3.70. The Balaban J connectivity index is 1.75. The smallest absolute Gasteiger partial charge is 0.253 e. The molecule has 3 nitrogen and oxygen atoms in total. The molecule has 104 valence electrons. The largest absolute Gasteiger partial charge is 0.339 e. The Morgan fingerprint density at radius 2 is 1.75 bits per heavy atom. The lowest BCUT2D eigenvalue weighted by atomic mass is 10.1. The second-order valence-electron chi connectivity index (χ2n) is 5.12. The number of hydrogen-bond acceptors (Lipinski definition) is 3. The van der Waals surface area contributed by atoms with E-state index in [-0.39, 0.29) is 5.91 Å². The minimum Gasteiger partial charge on any atom is -0.339 e. The molecule has 2 heterocycles. The van der Waals surface area contributed by atoms with Crippen LogP contribution in [0.5, 0.6) is 0 Å². The molecule has 1 aromatic carbocycles. The number of amides is 1. The number of rotatable bonds is 2. The van der Waals surface area contributed by atoms with Crippen LogP contribution < -0.4 is 0 Å². The van der Waals surface area contributed by atoms with Crippen molar-refractivity contribution in [1.29, 1.82) is 0 Å². The third-order valence-corrected chi connectivity index (χ3v) is 4.53. The standard InChI is InChI=1S/C16H18N2OS/c19-16(18-10-3-1-2-4-11-18)14-7-5-13(6-8-14)15-17-9-12-20-15/h5-9,12H,1-4,10-11H2. The minimum absolute atomic E-state index is 0.164. The summed E-state index contributed by atoms with van der Waals surface area (Å²) in [5.74, 6) is 0.164. The van der Waals surface area contributed by atoms with E-state index in [1.165, 1.54) is 12.8 Å². The maximum absolute atomic E-state index is 12.5. The van der Waals surface area contributed by atoms with Crippen LogP contribution in [0.3, 0.4) is 0 Å². The summed E-state index contributed by atoms with van der Waals surface area (Å²) in [6.45, 7) is 1.79. The van der Waals surface area contributed by atoms with Gasteiger partial charge in [0.25, 0.3) is 5.91 Å². The number of carbonyl (C=O) groups excluding carboxylic acids is 1. The first kappa shape index (κ1) is 13.3. The van der Waals surface area contributed by atoms with E-state index in [0.717, 1.165) is 42.1 Å². The Bertz CT molecular complexity index is 555. The van der Waals surface area contributed by atoms with E-state index >= 15 is 0 Å². The molecular weight excluding hydrogens is 268 g/mol. The van der Waals surface area contributed by atoms with Crippen molar-refractivity contribution in [2.24, 2.45) is 0 Å². The monoisotopic (exact) mass is 286 g/mol. The van der Waals surface area contributed by atoms with Crippen LogP contribution in [0.2, 0.25) is 0 Å². The molecule has 0 bridgehead atoms. The van der Waals surface area contributed by atoms with E-state index in [1.54, 1.807) is 17.5 Å². The topological polar surface area (TPSA) is 33.2 Å². The molecule has 0 radical (unpaired) electrons. The molecule has 1 fully saturated rings. The molecule has 2 aromatic rings. The highest BCUT2D eigenvalue weighted by atomic mass is 32.1. The molecular formula is C16H18N2OS. The van der Waals surface area contributed by atoms with Crippen molar-refractivity contribution in [3.05, 3.63) is 41.4 Å². The fraction of sp³-hybridized carbons (Fsp3) is 0.375. The van der Waals surface area contributed by atoms with Gasteiger partial charge in [0.1, 0.15) is 5.01 Å². The van der Waals surface area contributed by atoms with Crippen LogP contribution in [0.4, 0.5) is 0 Å². The molecule has 1 aromatic heterocycles. The molecule has 20 heavy (non-hydrogen) atoms. The van der Waals surface area contributed by atoms with Crippen molar-refractivity contribution < 1.29 is 4.79 Å². The highest BCUT2D eigenvalue weighted by Gasteiger charge is 2.17. The summed E-state index contributed by atoms with van der Waals surface area (Å²) in [7, 11) is 0. The molecule has 3 rings (SSSR count). The molecule has 1 aliphatic rings. The van der Waals surface area contributed by atoms with Crippen molar-refractivity contribution >= 4 is 17.2 Å². The van der Waals surface area contributed by atoms with Crippen LogP contribution in [0, 0.1) is 0 Å². The molecule has 0 saturated carbocycles. The Labute approximate surface area is 123 Å². The normalized spacial score (nSPS) is 15.9. The van der Waals surface area contributed by atoms with Gasteiger partial charge in [-0.15, -0.1) is 11.3 Å². The summed E-state index contributed by atoms with van der Waals surface area (Å²) in [6, 6.07) is 7.82. The molecule has 4 heteroatoms. The van der Waals surface area contributed by atoms with Gasteiger partial charge in [-0.2, -0.15) is 0 Å². The maximum Gasteiger partial charge on any atom is 0.253 e. The zero-order valence-electron chi connectivity index (χ0n) is 11.4. The maximum atomic E-state index is 12.5. The highest BCUT2D eigenvalue weighted by molar-refractivity contribution is 7.13. The fourth-order valence-electron chi connectivity index (χ4n) is 2.58. The molecule has 0 N–H and O–H groups in total. The first-order valence-electron chi connectivity index (χ1n) is 7.14. The van der Waals surface area contributed by atoms with Crippen molar-refractivity contribution in [2.75, 3.05) is 13.1 Å². The molecule has 0 aliphatic carbocycles. The highest BCUT2D eigenvalue weighted by Crippen LogP contribution is 2.22. The van der Waals surface area contributed by atoms with Gasteiger partial charge >= 0.3 is 0 Å². The predicted molar refractivity (Wildman–Crippen MR) is 81.9 cm³/mol. The Morgan fingerprint density at radius 3 is 2.35 bits per heavy atom. The van der Waals surface area contributed by atoms with Gasteiger partial charge in [-0.05, 0) is 25.0 Å². The number of benzene rings is 1. The van der Waals surface area contributed by atoms with Crippen LogP contribution in [-0.4, -0.2) is 28.9 Å². The SMILES string of the molecule is O=C(c1ccc(-c2nccs2)cc1)N1CCCCCC1. The van der Waals surface area contributed by atoms with E-state index in [1.807, 2.05) is 34.5 Å². The van der Waals surface area contributed by atoms with Gasteiger partial charge in [-0.25, -0.2) is 4.98 Å². The summed E-state index contributed by atoms with van der Waals surface area (Å²) in [4.78, 5) is 18.7. The lowest BCUT2D eigenvalue weighted by molar-refractivity contribution is 0.0761. The van der Waals surface area contributed by atoms with Crippen LogP contribution in [-0.2, 0) is 0 Å². The molecule has 0 atom stereocenters. The Hall–Kier alpha value is -1.68. The zero-order valence-corrected chi connectivity index (χ0v) is 12.2. The van der Waals surface area contributed by atoms with Crippen molar-refractivity contribution in [2.45, 2.75) is 25.7 Å². The van der Waals surface area contributed by atoms with Crippen LogP contribution >= 0.6 is 11.3 Å². The number of nitrogens with zero attached hydrogens (tertiary/aromatic N) is 2. The van der Waals surface area contributed by atoms with Gasteiger partial charge in [0, 0.05) is 35.8 Å². The van der Waals surface area contributed by atoms with Crippen LogP contribution in [0.15, 0.2) is 35.8 Å². The number of likely N-dealkylation sites (tertiary alicyclic amines) is 1. The molecule has 1 amide bonds. The van der Waals surface area contributed by atoms with Gasteiger partial charge < -0.3 is 4.90 Å². The molecule has 0 spiro atoms. The summed E-state index contributed by atoms with van der Waals surface area (Å²) >= 11 is 1.61. The quantitative estimate of drug-likeness (QED) is 0.840. The predicted octanol–water partition coefficient (Wildman–Crippen LogP) is 3.83. The lowest BCUT2D eigenvalue weighted by Crippen LogP contribution is -2.31. The molecule has 0 unspecified atom stereocenters. The van der Waals surface area contributed by atoms with E-state index < -0.39 is 0 Å². The van der Waals surface area contributed by atoms with E-state index in [0.29, 0.717) is 0 Å². The second-order valence-corrected chi connectivity index (χ2v) is 6.02. The van der Waals surface area contributed by atoms with Gasteiger partial charge in [-0.1, -0.05) is 25.0 Å². The van der Waals surface area contributed by atoms with Crippen molar-refractivity contribution in [3.8, 4) is 10.6 Å². The zero-order chi connectivity index (χ0) is 13.8. The summed E-state index contributed by atoms with van der Waals surface area (Å²) in [5, 5.41) is 2.96. The first-order valence-corrected chi connectivity index (χ1v) is 8.02. The Morgan fingerprint density at radius 1 is 1.05 bits per heavy atom. The van der Waals surface area contributed by atoms with Gasteiger partial charge in [0.2, 0.25) is 0 Å². The Kier molecular flexibility index (Phi) is 4.11. The van der Waals surface area contributed by atoms with Crippen LogP contribution in [0.1, 0.15) is 36.0 Å². The fourth-order valence-corrected chi connectivity index (χ4v) is 3.22. The average molecular weight is 286 g/mol. The minimum atomic E-state index is 0.164. The van der Waals surface area contributed by atoms with Crippen LogP contribution in [0.25, 0.3) is 10.6 Å². The number of thiazole rings is 1. The number of hydrogen-bond donors (Lipinski definition) is 0. The van der Waals surface area contributed by atoms with Crippen molar-refractivity contribution in [3.63, 3.8) is 0 Å². The van der Waals surface area contributed by atoms with E-state index in [9.17, 15) is 4.79 Å². The van der Waals surface area contributed by atoms with E-state index in [4.69, 9.17) is 0 Å². The van der Waals surface area contributed by atoms with Gasteiger partial charge in [0.15, 0.2) is 0 Å². The van der Waals surface area contributed by atoms with E-state index in [2.05, 4.69) is 4.98 Å². The number of carbonyl (C=O) groups is 1. The lowest BCUT2D eigenvalue weighted by Gasteiger charge is -2.20. The summed E-state index contributed by atoms with van der Waals surface area (Å²) in [6.07, 6.45) is 6.54. The second kappa shape index (κ2) is 6.18. The molecule has 1 aliphatic heterocycles. The first-order chi connectivity index (χ1) is 9.84. The van der Waals surface area contributed by atoms with Gasteiger partial charge in [-0.3, -0.25) is 4.79 Å². The third kappa shape index (κ3) is 2.90. The van der Waals surface area contributed by atoms with Gasteiger partial charge in [0.05, 0.1) is 0 Å². The summed E-state index contributed by atoms with van der Waals surface area (Å²) in [5.41, 5.74) is 1.86. The molecule has 1 saturated heterocycles.